The maximum atomic E-state index is 13.3. The van der Waals surface area contributed by atoms with Crippen LogP contribution in [-0.4, -0.2) is 40.3 Å². The SMILES string of the molecule is CC(=O)N[C@@H](Cc1ccc(F)cc1)[C@@H](O)CN[C@H]1CC2(CCC2)Oc2ncc(CC3CCC3)cc21. The van der Waals surface area contributed by atoms with Crippen LogP contribution in [0.1, 0.15) is 74.6 Å². The Morgan fingerprint density at radius 2 is 2.00 bits per heavy atom. The third kappa shape index (κ3) is 5.67. The van der Waals surface area contributed by atoms with E-state index in [4.69, 9.17) is 9.72 Å². The average Bonchev–Trinajstić information content (AvgIpc) is 2.79. The van der Waals surface area contributed by atoms with Gasteiger partial charge in [-0.05, 0) is 67.3 Å². The topological polar surface area (TPSA) is 83.5 Å². The fourth-order valence-electron chi connectivity index (χ4n) is 5.60. The Balaban J connectivity index is 1.29. The molecule has 0 radical (unpaired) electrons. The lowest BCUT2D eigenvalue weighted by molar-refractivity contribution is -0.120. The van der Waals surface area contributed by atoms with Gasteiger partial charge in [0.25, 0.3) is 0 Å². The Kier molecular flexibility index (Phi) is 7.07. The van der Waals surface area contributed by atoms with Gasteiger partial charge in [0, 0.05) is 37.7 Å². The van der Waals surface area contributed by atoms with E-state index in [0.717, 1.165) is 49.1 Å². The zero-order chi connectivity index (χ0) is 24.4. The van der Waals surface area contributed by atoms with Gasteiger partial charge >= 0.3 is 0 Å². The van der Waals surface area contributed by atoms with Crippen molar-refractivity contribution >= 4 is 5.91 Å². The molecule has 3 aliphatic rings. The van der Waals surface area contributed by atoms with Crippen LogP contribution in [0.25, 0.3) is 0 Å². The molecule has 0 saturated heterocycles. The van der Waals surface area contributed by atoms with Crippen molar-refractivity contribution in [1.29, 1.82) is 0 Å². The molecule has 1 aromatic heterocycles. The standard InChI is InChI=1S/C28H36FN3O3/c1-18(33)32-24(14-20-6-8-22(29)9-7-20)26(34)17-30-25-15-28(10-3-11-28)35-27-23(25)13-21(16-31-27)12-19-4-2-5-19/h6-9,13,16,19,24-26,30,34H,2-5,10-12,14-15,17H2,1H3,(H,32,33)/t24-,25-,26-/m0/s1. The molecule has 1 aromatic carbocycles. The molecule has 3 N–H and O–H groups in total. The molecule has 188 valence electrons. The molecule has 35 heavy (non-hydrogen) atoms. The van der Waals surface area contributed by atoms with E-state index in [2.05, 4.69) is 16.7 Å². The van der Waals surface area contributed by atoms with E-state index in [0.29, 0.717) is 18.8 Å². The van der Waals surface area contributed by atoms with E-state index in [-0.39, 0.29) is 23.4 Å². The molecule has 2 fully saturated rings. The van der Waals surface area contributed by atoms with E-state index in [1.54, 1.807) is 12.1 Å². The molecule has 6 nitrogen and oxygen atoms in total. The second-order valence-electron chi connectivity index (χ2n) is 10.7. The van der Waals surface area contributed by atoms with Crippen molar-refractivity contribution in [2.75, 3.05) is 6.54 Å². The average molecular weight is 482 g/mol. The van der Waals surface area contributed by atoms with Crippen LogP contribution in [0.5, 0.6) is 5.88 Å². The first-order valence-corrected chi connectivity index (χ1v) is 13.0. The molecule has 2 saturated carbocycles. The van der Waals surface area contributed by atoms with E-state index >= 15 is 0 Å². The number of pyridine rings is 1. The number of carbonyl (C=O) groups excluding carboxylic acids is 1. The number of nitrogens with one attached hydrogen (secondary N) is 2. The van der Waals surface area contributed by atoms with Crippen LogP contribution in [0, 0.1) is 11.7 Å². The molecule has 7 heteroatoms. The van der Waals surface area contributed by atoms with Crippen molar-refractivity contribution in [1.82, 2.24) is 15.6 Å². The van der Waals surface area contributed by atoms with Crippen molar-refractivity contribution in [3.05, 3.63) is 59.0 Å². The van der Waals surface area contributed by atoms with Gasteiger partial charge in [-0.25, -0.2) is 9.37 Å². The minimum absolute atomic E-state index is 0.0336. The van der Waals surface area contributed by atoms with Crippen molar-refractivity contribution in [2.24, 2.45) is 5.92 Å². The number of rotatable bonds is 9. The second-order valence-corrected chi connectivity index (χ2v) is 10.7. The largest absolute Gasteiger partial charge is 0.471 e. The lowest BCUT2D eigenvalue weighted by Crippen LogP contribution is -2.52. The molecular formula is C28H36FN3O3. The number of fused-ring (bicyclic) bond motifs is 1. The molecule has 2 heterocycles. The first-order chi connectivity index (χ1) is 16.9. The molecule has 2 aromatic rings. The minimum atomic E-state index is -0.807. The summed E-state index contributed by atoms with van der Waals surface area (Å²) < 4.78 is 19.7. The normalized spacial score (nSPS) is 22.3. The smallest absolute Gasteiger partial charge is 0.218 e. The van der Waals surface area contributed by atoms with Gasteiger partial charge in [0.05, 0.1) is 12.1 Å². The summed E-state index contributed by atoms with van der Waals surface area (Å²) in [6, 6.07) is 7.96. The summed E-state index contributed by atoms with van der Waals surface area (Å²) in [5.41, 5.74) is 3.02. The molecule has 3 atom stereocenters. The number of amides is 1. The fourth-order valence-corrected chi connectivity index (χ4v) is 5.60. The predicted octanol–water partition coefficient (Wildman–Crippen LogP) is 4.01. The Morgan fingerprint density at radius 3 is 2.63 bits per heavy atom. The lowest BCUT2D eigenvalue weighted by atomic mass is 9.73. The first kappa shape index (κ1) is 24.2. The monoisotopic (exact) mass is 481 g/mol. The maximum Gasteiger partial charge on any atom is 0.218 e. The van der Waals surface area contributed by atoms with Gasteiger partial charge in [0.15, 0.2) is 0 Å². The second kappa shape index (κ2) is 10.2. The van der Waals surface area contributed by atoms with Crippen LogP contribution in [0.2, 0.25) is 0 Å². The Bertz CT molecular complexity index is 1040. The summed E-state index contributed by atoms with van der Waals surface area (Å²) in [5.74, 6) is 0.965. The Morgan fingerprint density at radius 1 is 1.23 bits per heavy atom. The van der Waals surface area contributed by atoms with Crippen LogP contribution in [-0.2, 0) is 17.6 Å². The third-order valence-electron chi connectivity index (χ3n) is 8.01. The number of nitrogens with zero attached hydrogens (tertiary/aromatic N) is 1. The van der Waals surface area contributed by atoms with Crippen LogP contribution in [0.15, 0.2) is 36.5 Å². The van der Waals surface area contributed by atoms with Crippen LogP contribution >= 0.6 is 0 Å². The van der Waals surface area contributed by atoms with E-state index in [1.807, 2.05) is 6.20 Å². The molecule has 5 rings (SSSR count). The minimum Gasteiger partial charge on any atom is -0.471 e. The van der Waals surface area contributed by atoms with E-state index < -0.39 is 12.1 Å². The number of hydrogen-bond acceptors (Lipinski definition) is 5. The molecule has 1 spiro atoms. The summed E-state index contributed by atoms with van der Waals surface area (Å²) in [6.07, 6.45) is 10.6. The summed E-state index contributed by atoms with van der Waals surface area (Å²) in [4.78, 5) is 16.5. The van der Waals surface area contributed by atoms with Gasteiger partial charge in [0.2, 0.25) is 11.8 Å². The van der Waals surface area contributed by atoms with Crippen molar-refractivity contribution in [2.45, 2.75) is 88.5 Å². The highest BCUT2D eigenvalue weighted by atomic mass is 19.1. The van der Waals surface area contributed by atoms with Crippen molar-refractivity contribution < 1.29 is 19.0 Å². The number of carbonyl (C=O) groups is 1. The molecule has 1 amide bonds. The lowest BCUT2D eigenvalue weighted by Gasteiger charge is -2.47. The highest BCUT2D eigenvalue weighted by Gasteiger charge is 2.46. The Hall–Kier alpha value is -2.51. The van der Waals surface area contributed by atoms with Gasteiger partial charge in [0.1, 0.15) is 11.4 Å². The summed E-state index contributed by atoms with van der Waals surface area (Å²) >= 11 is 0. The maximum absolute atomic E-state index is 13.3. The first-order valence-electron chi connectivity index (χ1n) is 13.0. The number of ether oxygens (including phenoxy) is 1. The number of aliphatic hydroxyl groups excluding tert-OH is 1. The molecule has 1 aliphatic heterocycles. The predicted molar refractivity (Wildman–Crippen MR) is 132 cm³/mol. The summed E-state index contributed by atoms with van der Waals surface area (Å²) in [5, 5.41) is 17.5. The molecule has 0 bridgehead atoms. The highest BCUT2D eigenvalue weighted by molar-refractivity contribution is 5.73. The summed E-state index contributed by atoms with van der Waals surface area (Å²) in [6.45, 7) is 1.77. The number of benzene rings is 1. The Labute approximate surface area is 206 Å². The van der Waals surface area contributed by atoms with Crippen LogP contribution in [0.4, 0.5) is 4.39 Å². The number of hydrogen-bond donors (Lipinski definition) is 3. The highest BCUT2D eigenvalue weighted by Crippen LogP contribution is 2.48. The number of halogens is 1. The van der Waals surface area contributed by atoms with Crippen LogP contribution < -0.4 is 15.4 Å². The van der Waals surface area contributed by atoms with Gasteiger partial charge in [-0.2, -0.15) is 0 Å². The van der Waals surface area contributed by atoms with Gasteiger partial charge in [-0.15, -0.1) is 0 Å². The van der Waals surface area contributed by atoms with E-state index in [9.17, 15) is 14.3 Å². The number of aliphatic hydroxyl groups is 1. The quantitative estimate of drug-likeness (QED) is 0.504. The fraction of sp³-hybridized carbons (Fsp3) is 0.571. The number of aromatic nitrogens is 1. The van der Waals surface area contributed by atoms with Gasteiger partial charge < -0.3 is 20.5 Å². The molecule has 2 aliphatic carbocycles. The van der Waals surface area contributed by atoms with Crippen LogP contribution in [0.3, 0.4) is 0 Å². The van der Waals surface area contributed by atoms with E-state index in [1.165, 1.54) is 43.9 Å². The third-order valence-corrected chi connectivity index (χ3v) is 8.01. The zero-order valence-electron chi connectivity index (χ0n) is 20.4. The summed E-state index contributed by atoms with van der Waals surface area (Å²) in [7, 11) is 0. The van der Waals surface area contributed by atoms with Gasteiger partial charge in [-0.3, -0.25) is 4.79 Å². The van der Waals surface area contributed by atoms with Gasteiger partial charge in [-0.1, -0.05) is 31.4 Å². The zero-order valence-corrected chi connectivity index (χ0v) is 20.4. The van der Waals surface area contributed by atoms with Crippen molar-refractivity contribution in [3.8, 4) is 5.88 Å². The molecular weight excluding hydrogens is 445 g/mol. The molecule has 0 unspecified atom stereocenters. The van der Waals surface area contributed by atoms with Crippen molar-refractivity contribution in [3.63, 3.8) is 0 Å².